The first-order chi connectivity index (χ1) is 25.8. The molecule has 1 saturated heterocycles. The fourth-order valence-corrected chi connectivity index (χ4v) is 6.36. The van der Waals surface area contributed by atoms with Gasteiger partial charge < -0.3 is 28.8 Å². The number of terminal acetylenes is 1. The first-order valence-electron chi connectivity index (χ1n) is 17.1. The first-order valence-corrected chi connectivity index (χ1v) is 17.1. The van der Waals surface area contributed by atoms with E-state index in [9.17, 15) is 14.7 Å². The molecule has 54 heavy (non-hydrogen) atoms. The topological polar surface area (TPSA) is 156 Å². The number of benzene rings is 3. The molecule has 5 aromatic rings. The quantitative estimate of drug-likeness (QED) is 0.0922. The summed E-state index contributed by atoms with van der Waals surface area (Å²) in [7, 11) is 1.55. The number of aromatic nitrogens is 4. The number of fused-ring (bicyclic) bond motifs is 1. The van der Waals surface area contributed by atoms with Crippen LogP contribution in [0.5, 0.6) is 5.75 Å². The third kappa shape index (κ3) is 7.08. The molecule has 2 aromatic heterocycles. The highest BCUT2D eigenvalue weighted by Crippen LogP contribution is 2.50. The van der Waals surface area contributed by atoms with Gasteiger partial charge in [0.15, 0.2) is 23.2 Å². The predicted octanol–water partition coefficient (Wildman–Crippen LogP) is 6.07. The van der Waals surface area contributed by atoms with Crippen molar-refractivity contribution in [3.8, 4) is 18.1 Å². The number of ether oxygens (including phenoxy) is 5. The highest BCUT2D eigenvalue weighted by Gasteiger charge is 2.68. The Hall–Kier alpha value is -5.88. The van der Waals surface area contributed by atoms with Gasteiger partial charge in [0.1, 0.15) is 29.9 Å². The standard InChI is InChI=1S/C40H40FN5O8/c1-7-30(47)52-34-38(49,8-2)35(46-25-44-31-32(42-24-43-33(31)46)45-36(48)54-37(3,4)5)53-39(34,41)23-51-40(26-15-11-9-12-16-26,27-17-13-10-14-18-27)28-19-21-29(50-6)22-20-28/h2,9-22,24-25,34-35,49H,7,23H2,1,3-6H3,(H,42,43,45,48)/t34-,35+,38+,39+/m0/s1. The lowest BCUT2D eigenvalue weighted by atomic mass is 9.80. The van der Waals surface area contributed by atoms with E-state index in [1.807, 2.05) is 60.7 Å². The number of nitrogens with one attached hydrogen (secondary N) is 1. The molecule has 0 radical (unpaired) electrons. The van der Waals surface area contributed by atoms with Crippen molar-refractivity contribution in [3.05, 3.63) is 114 Å². The monoisotopic (exact) mass is 737 g/mol. The van der Waals surface area contributed by atoms with E-state index in [0.29, 0.717) is 22.4 Å². The molecule has 14 heteroatoms. The van der Waals surface area contributed by atoms with Gasteiger partial charge >= 0.3 is 12.1 Å². The average molecular weight is 738 g/mol. The van der Waals surface area contributed by atoms with E-state index in [4.69, 9.17) is 30.1 Å². The molecule has 0 spiro atoms. The van der Waals surface area contributed by atoms with Gasteiger partial charge in [-0.3, -0.25) is 14.7 Å². The number of alkyl halides is 1. The van der Waals surface area contributed by atoms with Crippen LogP contribution >= 0.6 is 0 Å². The first kappa shape index (κ1) is 37.9. The molecule has 1 amide bonds. The van der Waals surface area contributed by atoms with Crippen LogP contribution in [0.25, 0.3) is 11.2 Å². The van der Waals surface area contributed by atoms with Crippen molar-refractivity contribution >= 4 is 29.0 Å². The highest BCUT2D eigenvalue weighted by molar-refractivity contribution is 5.93. The number of hydrogen-bond acceptors (Lipinski definition) is 11. The van der Waals surface area contributed by atoms with Crippen molar-refractivity contribution in [3.63, 3.8) is 0 Å². The third-order valence-corrected chi connectivity index (χ3v) is 8.82. The number of carbonyl (C=O) groups is 2. The minimum Gasteiger partial charge on any atom is -0.497 e. The van der Waals surface area contributed by atoms with Crippen LogP contribution in [-0.2, 0) is 29.3 Å². The van der Waals surface area contributed by atoms with E-state index in [0.717, 1.165) is 6.33 Å². The lowest BCUT2D eigenvalue weighted by Crippen LogP contribution is -2.53. The number of aliphatic hydroxyl groups is 1. The number of rotatable bonds is 11. The zero-order chi connectivity index (χ0) is 38.7. The summed E-state index contributed by atoms with van der Waals surface area (Å²) in [5.41, 5.74) is -2.99. The summed E-state index contributed by atoms with van der Waals surface area (Å²) < 4.78 is 48.3. The van der Waals surface area contributed by atoms with Gasteiger partial charge in [0.2, 0.25) is 11.7 Å². The molecule has 1 fully saturated rings. The summed E-state index contributed by atoms with van der Waals surface area (Å²) in [6.07, 6.45) is 3.41. The second-order valence-corrected chi connectivity index (χ2v) is 13.6. The summed E-state index contributed by atoms with van der Waals surface area (Å²) in [5, 5.41) is 14.7. The number of anilines is 1. The lowest BCUT2D eigenvalue weighted by molar-refractivity contribution is -0.235. The molecule has 0 unspecified atom stereocenters. The number of nitrogens with zero attached hydrogens (tertiary/aromatic N) is 4. The number of hydrogen-bond donors (Lipinski definition) is 2. The summed E-state index contributed by atoms with van der Waals surface area (Å²) in [6, 6.07) is 25.5. The van der Waals surface area contributed by atoms with Crippen molar-refractivity contribution in [2.45, 2.75) is 69.1 Å². The molecule has 13 nitrogen and oxygen atoms in total. The zero-order valence-electron chi connectivity index (χ0n) is 30.4. The molecule has 280 valence electrons. The molecule has 4 atom stereocenters. The fraction of sp³-hybridized carbons (Fsp3) is 0.325. The van der Waals surface area contributed by atoms with Crippen LogP contribution in [0.4, 0.5) is 15.0 Å². The maximum Gasteiger partial charge on any atom is 0.413 e. The van der Waals surface area contributed by atoms with Gasteiger partial charge in [0, 0.05) is 6.42 Å². The Morgan fingerprint density at radius 2 is 1.59 bits per heavy atom. The van der Waals surface area contributed by atoms with Gasteiger partial charge in [-0.15, -0.1) is 6.42 Å². The third-order valence-electron chi connectivity index (χ3n) is 8.82. The van der Waals surface area contributed by atoms with Gasteiger partial charge in [0.25, 0.3) is 5.85 Å². The molecule has 3 heterocycles. The normalized spacial score (nSPS) is 21.3. The molecular weight excluding hydrogens is 697 g/mol. The van der Waals surface area contributed by atoms with Gasteiger partial charge in [-0.05, 0) is 49.6 Å². The van der Waals surface area contributed by atoms with Crippen molar-refractivity contribution in [1.82, 2.24) is 19.5 Å². The molecule has 1 aliphatic rings. The Balaban J connectivity index is 1.45. The van der Waals surface area contributed by atoms with Gasteiger partial charge in [-0.1, -0.05) is 85.6 Å². The minimum atomic E-state index is -3.07. The number of halogens is 1. The average Bonchev–Trinajstić information content (AvgIpc) is 3.69. The summed E-state index contributed by atoms with van der Waals surface area (Å²) in [5.74, 6) is -1.15. The molecule has 0 aliphatic carbocycles. The molecular formula is C40H40FN5O8. The molecule has 3 aromatic carbocycles. The van der Waals surface area contributed by atoms with E-state index in [-0.39, 0.29) is 23.4 Å². The zero-order valence-corrected chi connectivity index (χ0v) is 30.4. The maximum absolute atomic E-state index is 18.0. The van der Waals surface area contributed by atoms with Crippen LogP contribution < -0.4 is 10.1 Å². The van der Waals surface area contributed by atoms with Gasteiger partial charge in [0.05, 0.1) is 13.4 Å². The van der Waals surface area contributed by atoms with E-state index in [2.05, 4.69) is 26.2 Å². The van der Waals surface area contributed by atoms with Crippen LogP contribution in [-0.4, -0.2) is 73.6 Å². The van der Waals surface area contributed by atoms with E-state index < -0.39 is 53.7 Å². The van der Waals surface area contributed by atoms with Crippen molar-refractivity contribution < 1.29 is 42.8 Å². The van der Waals surface area contributed by atoms with Crippen LogP contribution in [0.2, 0.25) is 0 Å². The molecule has 2 N–H and O–H groups in total. The number of imidazole rings is 1. The van der Waals surface area contributed by atoms with Crippen LogP contribution in [0.15, 0.2) is 97.6 Å². The number of amides is 1. The predicted molar refractivity (Wildman–Crippen MR) is 195 cm³/mol. The molecule has 6 rings (SSSR count). The minimum absolute atomic E-state index is 0.00150. The van der Waals surface area contributed by atoms with Crippen LogP contribution in [0.1, 0.15) is 57.0 Å². The Labute approximate surface area is 311 Å². The number of carbonyl (C=O) groups excluding carboxylic acids is 2. The Morgan fingerprint density at radius 3 is 2.15 bits per heavy atom. The second-order valence-electron chi connectivity index (χ2n) is 13.6. The summed E-state index contributed by atoms with van der Waals surface area (Å²) >= 11 is 0. The van der Waals surface area contributed by atoms with Crippen LogP contribution in [0, 0.1) is 12.3 Å². The lowest BCUT2D eigenvalue weighted by Gasteiger charge is -2.38. The highest BCUT2D eigenvalue weighted by atomic mass is 19.2. The van der Waals surface area contributed by atoms with E-state index in [1.54, 1.807) is 52.1 Å². The second kappa shape index (κ2) is 14.9. The molecule has 0 bridgehead atoms. The van der Waals surface area contributed by atoms with Crippen molar-refractivity contribution in [2.75, 3.05) is 19.0 Å². The number of esters is 1. The fourth-order valence-electron chi connectivity index (χ4n) is 6.36. The van der Waals surface area contributed by atoms with E-state index >= 15 is 4.39 Å². The van der Waals surface area contributed by atoms with Gasteiger partial charge in [-0.25, -0.2) is 24.1 Å². The Bertz CT molecular complexity index is 2110. The SMILES string of the molecule is C#C[C@]1(O)[C@H](n2cnc3c(NC(=O)OC(C)(C)C)ncnc32)O[C@](F)(COC(c2ccccc2)(c2ccccc2)c2ccc(OC)cc2)[C@H]1OC(=O)CC. The largest absolute Gasteiger partial charge is 0.497 e. The van der Waals surface area contributed by atoms with Crippen molar-refractivity contribution in [1.29, 1.82) is 0 Å². The maximum atomic E-state index is 18.0. The Kier molecular flexibility index (Phi) is 10.4. The van der Waals surface area contributed by atoms with Crippen LogP contribution in [0.3, 0.4) is 0 Å². The van der Waals surface area contributed by atoms with E-state index in [1.165, 1.54) is 17.8 Å². The number of methoxy groups -OCH3 is 1. The summed E-state index contributed by atoms with van der Waals surface area (Å²) in [6.45, 7) is 5.71. The van der Waals surface area contributed by atoms with Gasteiger partial charge in [-0.2, -0.15) is 0 Å². The smallest absolute Gasteiger partial charge is 0.413 e. The molecule has 0 saturated carbocycles. The molecule has 1 aliphatic heterocycles. The Morgan fingerprint density at radius 1 is 0.981 bits per heavy atom. The van der Waals surface area contributed by atoms with Crippen molar-refractivity contribution in [2.24, 2.45) is 0 Å². The summed E-state index contributed by atoms with van der Waals surface area (Å²) in [4.78, 5) is 38.2.